The summed E-state index contributed by atoms with van der Waals surface area (Å²) in [5.41, 5.74) is 7.99. The zero-order valence-electron chi connectivity index (χ0n) is 9.68. The van der Waals surface area contributed by atoms with Crippen LogP contribution < -0.4 is 0 Å². The van der Waals surface area contributed by atoms with E-state index in [4.69, 9.17) is 20.1 Å². The second kappa shape index (κ2) is 14.2. The van der Waals surface area contributed by atoms with E-state index in [1.165, 1.54) is 0 Å². The molecule has 94 valence electrons. The van der Waals surface area contributed by atoms with Crippen LogP contribution in [0.25, 0.3) is 10.4 Å². The number of rotatable bonds is 12. The second-order valence-electron chi connectivity index (χ2n) is 3.32. The third-order valence-corrected chi connectivity index (χ3v) is 1.97. The van der Waals surface area contributed by atoms with E-state index in [0.717, 1.165) is 32.3 Å². The van der Waals surface area contributed by atoms with Crippen molar-refractivity contribution in [2.75, 3.05) is 39.6 Å². The number of azide groups is 1. The van der Waals surface area contributed by atoms with E-state index in [1.807, 2.05) is 0 Å². The summed E-state index contributed by atoms with van der Waals surface area (Å²) in [6.07, 6.45) is 4.06. The Hall–Kier alpha value is -0.810. The summed E-state index contributed by atoms with van der Waals surface area (Å²) in [6, 6.07) is 0. The number of ether oxygens (including phenoxy) is 2. The molecular formula is C10H21N3O3. The number of aliphatic hydroxyl groups excluding tert-OH is 1. The molecule has 0 aliphatic heterocycles. The highest BCUT2D eigenvalue weighted by atomic mass is 16.5. The van der Waals surface area contributed by atoms with Gasteiger partial charge in [0.15, 0.2) is 0 Å². The van der Waals surface area contributed by atoms with Crippen LogP contribution in [0.15, 0.2) is 5.11 Å². The molecule has 0 radical (unpaired) electrons. The van der Waals surface area contributed by atoms with Crippen molar-refractivity contribution < 1.29 is 14.6 Å². The first kappa shape index (κ1) is 15.2. The van der Waals surface area contributed by atoms with Crippen molar-refractivity contribution >= 4 is 0 Å². The second-order valence-corrected chi connectivity index (χ2v) is 3.32. The molecule has 6 heteroatoms. The predicted octanol–water partition coefficient (Wildman–Crippen LogP) is 1.88. The Morgan fingerprint density at radius 2 is 1.62 bits per heavy atom. The van der Waals surface area contributed by atoms with Gasteiger partial charge >= 0.3 is 0 Å². The molecule has 0 saturated heterocycles. The number of aliphatic hydroxyl groups is 1. The van der Waals surface area contributed by atoms with Gasteiger partial charge in [-0.3, -0.25) is 0 Å². The molecule has 0 fully saturated rings. The lowest BCUT2D eigenvalue weighted by Gasteiger charge is -2.04. The highest BCUT2D eigenvalue weighted by Gasteiger charge is 1.91. The molecule has 0 unspecified atom stereocenters. The summed E-state index contributed by atoms with van der Waals surface area (Å²) >= 11 is 0. The highest BCUT2D eigenvalue weighted by molar-refractivity contribution is 4.44. The van der Waals surface area contributed by atoms with Crippen molar-refractivity contribution in [3.05, 3.63) is 10.4 Å². The average Bonchev–Trinajstić information content (AvgIpc) is 2.31. The lowest BCUT2D eigenvalue weighted by molar-refractivity contribution is 0.0491. The van der Waals surface area contributed by atoms with E-state index in [2.05, 4.69) is 10.0 Å². The average molecular weight is 231 g/mol. The molecule has 0 saturated carbocycles. The maximum Gasteiger partial charge on any atom is 0.0700 e. The molecule has 1 N–H and O–H groups in total. The normalized spacial score (nSPS) is 10.1. The van der Waals surface area contributed by atoms with Gasteiger partial charge in [-0.05, 0) is 18.4 Å². The Morgan fingerprint density at radius 3 is 2.31 bits per heavy atom. The first-order valence-electron chi connectivity index (χ1n) is 5.69. The minimum atomic E-state index is 0.278. The van der Waals surface area contributed by atoms with E-state index < -0.39 is 0 Å². The van der Waals surface area contributed by atoms with E-state index in [0.29, 0.717) is 26.4 Å². The van der Waals surface area contributed by atoms with Crippen molar-refractivity contribution in [3.63, 3.8) is 0 Å². The maximum atomic E-state index is 8.55. The fourth-order valence-corrected chi connectivity index (χ4v) is 1.14. The number of unbranched alkanes of at least 4 members (excludes halogenated alkanes) is 3. The van der Waals surface area contributed by atoms with Crippen LogP contribution in [0, 0.1) is 0 Å². The smallest absolute Gasteiger partial charge is 0.0700 e. The van der Waals surface area contributed by atoms with Crippen LogP contribution in [0.4, 0.5) is 0 Å². The molecule has 0 aromatic rings. The highest BCUT2D eigenvalue weighted by Crippen LogP contribution is 1.98. The molecular weight excluding hydrogens is 210 g/mol. The Morgan fingerprint density at radius 1 is 0.938 bits per heavy atom. The van der Waals surface area contributed by atoms with Gasteiger partial charge < -0.3 is 14.6 Å². The Bertz CT molecular complexity index is 184. The molecule has 0 aliphatic carbocycles. The van der Waals surface area contributed by atoms with Gasteiger partial charge in [-0.15, -0.1) is 0 Å². The van der Waals surface area contributed by atoms with Crippen LogP contribution in [0.1, 0.15) is 25.7 Å². The van der Waals surface area contributed by atoms with Crippen LogP contribution in [-0.2, 0) is 9.47 Å². The quantitative estimate of drug-likeness (QED) is 0.241. The maximum absolute atomic E-state index is 8.55. The first-order valence-corrected chi connectivity index (χ1v) is 5.69. The van der Waals surface area contributed by atoms with Gasteiger partial charge in [0.2, 0.25) is 0 Å². The van der Waals surface area contributed by atoms with E-state index in [1.54, 1.807) is 0 Å². The van der Waals surface area contributed by atoms with Crippen molar-refractivity contribution in [1.29, 1.82) is 0 Å². The first-order chi connectivity index (χ1) is 7.91. The van der Waals surface area contributed by atoms with Crippen molar-refractivity contribution in [2.24, 2.45) is 5.11 Å². The third-order valence-electron chi connectivity index (χ3n) is 1.97. The van der Waals surface area contributed by atoms with Gasteiger partial charge in [0.25, 0.3) is 0 Å². The summed E-state index contributed by atoms with van der Waals surface area (Å²) in [5.74, 6) is 0. The Labute approximate surface area is 96.2 Å². The van der Waals surface area contributed by atoms with Gasteiger partial charge in [0.1, 0.15) is 0 Å². The number of hydrogen-bond acceptors (Lipinski definition) is 4. The molecule has 0 heterocycles. The van der Waals surface area contributed by atoms with Crippen LogP contribution in [0.5, 0.6) is 0 Å². The third kappa shape index (κ3) is 13.2. The van der Waals surface area contributed by atoms with Crippen molar-refractivity contribution in [3.8, 4) is 0 Å². The predicted molar refractivity (Wildman–Crippen MR) is 61.2 cm³/mol. The monoisotopic (exact) mass is 231 g/mol. The zero-order chi connectivity index (χ0) is 11.9. The van der Waals surface area contributed by atoms with Crippen LogP contribution >= 0.6 is 0 Å². The van der Waals surface area contributed by atoms with E-state index in [-0.39, 0.29) is 6.61 Å². The van der Waals surface area contributed by atoms with Crippen LogP contribution in [0.2, 0.25) is 0 Å². The summed E-state index contributed by atoms with van der Waals surface area (Å²) in [4.78, 5) is 2.61. The lowest BCUT2D eigenvalue weighted by atomic mass is 10.2. The van der Waals surface area contributed by atoms with Crippen molar-refractivity contribution in [2.45, 2.75) is 25.7 Å². The topological polar surface area (TPSA) is 87.5 Å². The molecule has 6 nitrogen and oxygen atoms in total. The van der Waals surface area contributed by atoms with Crippen LogP contribution in [0.3, 0.4) is 0 Å². The molecule has 0 aromatic carbocycles. The summed E-state index contributed by atoms with van der Waals surface area (Å²) in [5, 5.41) is 11.9. The molecule has 16 heavy (non-hydrogen) atoms. The van der Waals surface area contributed by atoms with E-state index >= 15 is 0 Å². The molecule has 0 rings (SSSR count). The van der Waals surface area contributed by atoms with Crippen LogP contribution in [-0.4, -0.2) is 44.7 Å². The van der Waals surface area contributed by atoms with Gasteiger partial charge in [-0.2, -0.15) is 0 Å². The molecule has 0 spiro atoms. The van der Waals surface area contributed by atoms with Gasteiger partial charge in [-0.1, -0.05) is 18.0 Å². The van der Waals surface area contributed by atoms with Gasteiger partial charge in [0.05, 0.1) is 19.8 Å². The molecule has 0 bridgehead atoms. The molecule has 0 amide bonds. The summed E-state index contributed by atoms with van der Waals surface area (Å²) < 4.78 is 10.5. The largest absolute Gasteiger partial charge is 0.396 e. The fraction of sp³-hybridized carbons (Fsp3) is 1.00. The standard InChI is InChI=1S/C10H21N3O3/c11-13-12-5-8-16-10-9-15-7-4-2-1-3-6-14/h14H,1-10H2. The van der Waals surface area contributed by atoms with Gasteiger partial charge in [-0.25, -0.2) is 0 Å². The molecule has 0 atom stereocenters. The summed E-state index contributed by atoms with van der Waals surface area (Å²) in [6.45, 7) is 2.96. The SMILES string of the molecule is [N-]=[N+]=NCCOCCOCCCCCCO. The Kier molecular flexibility index (Phi) is 13.5. The molecule has 0 aromatic heterocycles. The number of nitrogens with zero attached hydrogens (tertiary/aromatic N) is 3. The van der Waals surface area contributed by atoms with E-state index in [9.17, 15) is 0 Å². The minimum absolute atomic E-state index is 0.278. The lowest BCUT2D eigenvalue weighted by Crippen LogP contribution is -2.07. The Balaban J connectivity index is 2.90. The summed E-state index contributed by atoms with van der Waals surface area (Å²) in [7, 11) is 0. The number of hydrogen-bond donors (Lipinski definition) is 1. The zero-order valence-corrected chi connectivity index (χ0v) is 9.68. The molecule has 0 aliphatic rings. The fourth-order valence-electron chi connectivity index (χ4n) is 1.14. The minimum Gasteiger partial charge on any atom is -0.396 e. The van der Waals surface area contributed by atoms with Gasteiger partial charge in [0, 0.05) is 24.7 Å². The van der Waals surface area contributed by atoms with Crippen molar-refractivity contribution in [1.82, 2.24) is 0 Å².